The Balaban J connectivity index is 1.65. The van der Waals surface area contributed by atoms with E-state index in [1.807, 2.05) is 72.8 Å². The number of carbonyl (C=O) groups is 2. The van der Waals surface area contributed by atoms with Crippen LogP contribution in [0.2, 0.25) is 0 Å². The van der Waals surface area contributed by atoms with Crippen molar-refractivity contribution in [2.75, 3.05) is 0 Å². The molecule has 1 aliphatic carbocycles. The number of nitrogens with zero attached hydrogens (tertiary/aromatic N) is 1. The van der Waals surface area contributed by atoms with Gasteiger partial charge < -0.3 is 0 Å². The van der Waals surface area contributed by atoms with Crippen molar-refractivity contribution < 1.29 is 9.59 Å². The van der Waals surface area contributed by atoms with Gasteiger partial charge in [0.1, 0.15) is 0 Å². The minimum Gasteiger partial charge on any atom is -0.269 e. The van der Waals surface area contributed by atoms with Gasteiger partial charge in [-0.3, -0.25) is 14.5 Å². The zero-order chi connectivity index (χ0) is 16.3. The molecule has 0 bridgehead atoms. The van der Waals surface area contributed by atoms with E-state index in [2.05, 4.69) is 0 Å². The molecular weight excluding hydrogens is 298 g/mol. The Labute approximate surface area is 138 Å². The van der Waals surface area contributed by atoms with Crippen molar-refractivity contribution in [3.8, 4) is 0 Å². The van der Waals surface area contributed by atoms with Crippen LogP contribution in [-0.2, 0) is 0 Å². The standard InChI is InChI=1S/C21H13NO2/c23-20-18-11-15-7-3-4-8-16(15)12-19(18)21(24)22(20)17-9-13-5-1-2-6-14(13)10-17/h1-12,17H. The molecule has 3 aromatic rings. The second kappa shape index (κ2) is 4.65. The maximum absolute atomic E-state index is 12.9. The monoisotopic (exact) mass is 311 g/mol. The summed E-state index contributed by atoms with van der Waals surface area (Å²) in [4.78, 5) is 27.1. The molecule has 1 aliphatic heterocycles. The topological polar surface area (TPSA) is 37.4 Å². The molecular formula is C21H13NO2. The number of hydrogen-bond donors (Lipinski definition) is 0. The van der Waals surface area contributed by atoms with Gasteiger partial charge in [-0.1, -0.05) is 48.5 Å². The lowest BCUT2D eigenvalue weighted by atomic mass is 10.0. The zero-order valence-electron chi connectivity index (χ0n) is 12.8. The zero-order valence-corrected chi connectivity index (χ0v) is 12.8. The summed E-state index contributed by atoms with van der Waals surface area (Å²) in [7, 11) is 0. The van der Waals surface area contributed by atoms with Crippen LogP contribution in [0.3, 0.4) is 0 Å². The van der Waals surface area contributed by atoms with Crippen molar-refractivity contribution in [1.29, 1.82) is 0 Å². The molecule has 0 radical (unpaired) electrons. The fraction of sp³-hybridized carbons (Fsp3) is 0.0476. The lowest BCUT2D eigenvalue weighted by molar-refractivity contribution is 0.0653. The van der Waals surface area contributed by atoms with Crippen LogP contribution in [0.4, 0.5) is 0 Å². The van der Waals surface area contributed by atoms with Gasteiger partial charge in [-0.15, -0.1) is 0 Å². The SMILES string of the molecule is O=C1c2cc3ccccc3cc2C(=O)N1C1C=c2ccccc2=C1. The maximum Gasteiger partial charge on any atom is 0.262 e. The van der Waals surface area contributed by atoms with Gasteiger partial charge in [0.05, 0.1) is 17.2 Å². The van der Waals surface area contributed by atoms with Crippen molar-refractivity contribution in [2.45, 2.75) is 6.04 Å². The fourth-order valence-corrected chi connectivity index (χ4v) is 3.60. The average molecular weight is 311 g/mol. The molecule has 2 amide bonds. The van der Waals surface area contributed by atoms with E-state index in [1.165, 1.54) is 4.90 Å². The van der Waals surface area contributed by atoms with E-state index in [9.17, 15) is 9.59 Å². The molecule has 5 rings (SSSR count). The lowest BCUT2D eigenvalue weighted by Crippen LogP contribution is -2.36. The summed E-state index contributed by atoms with van der Waals surface area (Å²) in [5.74, 6) is -0.433. The Kier molecular flexibility index (Phi) is 2.57. The summed E-state index contributed by atoms with van der Waals surface area (Å²) in [5, 5.41) is 4.07. The number of amides is 2. The van der Waals surface area contributed by atoms with Gasteiger partial charge in [0.25, 0.3) is 11.8 Å². The minimum absolute atomic E-state index is 0.217. The summed E-state index contributed by atoms with van der Waals surface area (Å²) < 4.78 is 0. The fourth-order valence-electron chi connectivity index (χ4n) is 3.60. The van der Waals surface area contributed by atoms with E-state index >= 15 is 0 Å². The predicted octanol–water partition coefficient (Wildman–Crippen LogP) is 2.08. The highest BCUT2D eigenvalue weighted by molar-refractivity contribution is 6.24. The number of hydrogen-bond acceptors (Lipinski definition) is 2. The molecule has 0 aromatic heterocycles. The predicted molar refractivity (Wildman–Crippen MR) is 92.9 cm³/mol. The summed E-state index contributed by atoms with van der Waals surface area (Å²) >= 11 is 0. The Morgan fingerprint density at radius 1 is 0.667 bits per heavy atom. The normalized spacial score (nSPS) is 16.1. The van der Waals surface area contributed by atoms with E-state index in [0.717, 1.165) is 21.2 Å². The van der Waals surface area contributed by atoms with Gasteiger partial charge in [-0.2, -0.15) is 0 Å². The van der Waals surface area contributed by atoms with Crippen LogP contribution in [0.5, 0.6) is 0 Å². The molecule has 3 heteroatoms. The van der Waals surface area contributed by atoms with E-state index in [4.69, 9.17) is 0 Å². The molecule has 24 heavy (non-hydrogen) atoms. The highest BCUT2D eigenvalue weighted by Gasteiger charge is 2.39. The van der Waals surface area contributed by atoms with Gasteiger partial charge in [-0.05, 0) is 45.5 Å². The van der Waals surface area contributed by atoms with Gasteiger partial charge in [0.2, 0.25) is 0 Å². The molecule has 0 saturated carbocycles. The Bertz CT molecular complexity index is 1070. The third-order valence-electron chi connectivity index (χ3n) is 4.78. The molecule has 0 unspecified atom stereocenters. The number of carbonyl (C=O) groups excluding carboxylic acids is 2. The first-order valence-corrected chi connectivity index (χ1v) is 7.92. The molecule has 0 atom stereocenters. The largest absolute Gasteiger partial charge is 0.269 e. The van der Waals surface area contributed by atoms with Crippen molar-refractivity contribution in [3.05, 3.63) is 82.2 Å². The third kappa shape index (κ3) is 1.72. The quantitative estimate of drug-likeness (QED) is 0.645. The summed E-state index contributed by atoms with van der Waals surface area (Å²) in [6, 6.07) is 19.0. The van der Waals surface area contributed by atoms with Crippen LogP contribution in [-0.4, -0.2) is 22.8 Å². The minimum atomic E-state index is -0.321. The van der Waals surface area contributed by atoms with Crippen LogP contribution < -0.4 is 10.4 Å². The second-order valence-corrected chi connectivity index (χ2v) is 6.18. The van der Waals surface area contributed by atoms with Gasteiger partial charge in [0, 0.05) is 0 Å². The first kappa shape index (κ1) is 13.3. The lowest BCUT2D eigenvalue weighted by Gasteiger charge is -2.18. The number of imide groups is 1. The molecule has 0 saturated heterocycles. The number of rotatable bonds is 1. The van der Waals surface area contributed by atoms with Gasteiger partial charge in [0.15, 0.2) is 0 Å². The van der Waals surface area contributed by atoms with Crippen molar-refractivity contribution >= 4 is 34.7 Å². The van der Waals surface area contributed by atoms with Gasteiger partial charge >= 0.3 is 0 Å². The van der Waals surface area contributed by atoms with Crippen molar-refractivity contribution in [1.82, 2.24) is 4.90 Å². The summed E-state index contributed by atoms with van der Waals surface area (Å²) in [6.07, 6.45) is 3.94. The third-order valence-corrected chi connectivity index (χ3v) is 4.78. The van der Waals surface area contributed by atoms with Crippen LogP contribution >= 0.6 is 0 Å². The second-order valence-electron chi connectivity index (χ2n) is 6.18. The van der Waals surface area contributed by atoms with E-state index in [0.29, 0.717) is 11.1 Å². The number of fused-ring (bicyclic) bond motifs is 3. The van der Waals surface area contributed by atoms with Crippen LogP contribution in [0.25, 0.3) is 22.9 Å². The molecule has 2 aliphatic rings. The highest BCUT2D eigenvalue weighted by atomic mass is 16.2. The first-order chi connectivity index (χ1) is 11.7. The Morgan fingerprint density at radius 2 is 1.12 bits per heavy atom. The Morgan fingerprint density at radius 3 is 1.62 bits per heavy atom. The summed E-state index contributed by atoms with van der Waals surface area (Å²) in [6.45, 7) is 0. The smallest absolute Gasteiger partial charge is 0.262 e. The average Bonchev–Trinajstić information content (AvgIpc) is 3.13. The van der Waals surface area contributed by atoms with Crippen LogP contribution in [0, 0.1) is 0 Å². The molecule has 3 nitrogen and oxygen atoms in total. The van der Waals surface area contributed by atoms with Crippen LogP contribution in [0.1, 0.15) is 20.7 Å². The van der Waals surface area contributed by atoms with Gasteiger partial charge in [-0.25, -0.2) is 0 Å². The van der Waals surface area contributed by atoms with Crippen molar-refractivity contribution in [3.63, 3.8) is 0 Å². The molecule has 0 fully saturated rings. The molecule has 0 N–H and O–H groups in total. The van der Waals surface area contributed by atoms with E-state index in [-0.39, 0.29) is 17.9 Å². The molecule has 3 aromatic carbocycles. The first-order valence-electron chi connectivity index (χ1n) is 7.92. The summed E-state index contributed by atoms with van der Waals surface area (Å²) in [5.41, 5.74) is 0.993. The number of benzene rings is 3. The molecule has 114 valence electrons. The van der Waals surface area contributed by atoms with E-state index < -0.39 is 0 Å². The highest BCUT2D eigenvalue weighted by Crippen LogP contribution is 2.30. The molecule has 1 heterocycles. The van der Waals surface area contributed by atoms with E-state index in [1.54, 1.807) is 0 Å². The van der Waals surface area contributed by atoms with Crippen molar-refractivity contribution in [2.24, 2.45) is 0 Å². The maximum atomic E-state index is 12.9. The Hall–Kier alpha value is -3.20. The van der Waals surface area contributed by atoms with Crippen LogP contribution in [0.15, 0.2) is 60.7 Å². The molecule has 0 spiro atoms.